The molecular weight excluding hydrogens is 254 g/mol. The van der Waals surface area contributed by atoms with E-state index in [-0.39, 0.29) is 11.0 Å². The van der Waals surface area contributed by atoms with Crippen molar-refractivity contribution in [2.24, 2.45) is 0 Å². The zero-order chi connectivity index (χ0) is 12.8. The zero-order valence-corrected chi connectivity index (χ0v) is 8.82. The van der Waals surface area contributed by atoms with Crippen LogP contribution in [0.25, 0.3) is 11.0 Å². The smallest absolute Gasteiger partial charge is 0.305 e. The minimum absolute atomic E-state index is 0.0724. The molecule has 0 radical (unpaired) electrons. The quantitative estimate of drug-likeness (QED) is 0.393. The van der Waals surface area contributed by atoms with Gasteiger partial charge in [-0.2, -0.15) is 8.42 Å². The van der Waals surface area contributed by atoms with Crippen LogP contribution in [0.3, 0.4) is 0 Å². The van der Waals surface area contributed by atoms with Gasteiger partial charge in [0.05, 0.1) is 16.0 Å². The van der Waals surface area contributed by atoms with Crippen LogP contribution in [0.15, 0.2) is 21.8 Å². The van der Waals surface area contributed by atoms with Gasteiger partial charge in [-0.3, -0.25) is 14.7 Å². The number of aromatic nitrogens is 2. The Labute approximate surface area is 93.0 Å². The van der Waals surface area contributed by atoms with Crippen LogP contribution in [0.2, 0.25) is 0 Å². The number of aromatic amines is 2. The fourth-order valence-electron chi connectivity index (χ4n) is 1.40. The fourth-order valence-corrected chi connectivity index (χ4v) is 2.09. The molecule has 1 aromatic heterocycles. The van der Waals surface area contributed by atoms with E-state index in [0.29, 0.717) is 6.07 Å². The van der Waals surface area contributed by atoms with Gasteiger partial charge in [-0.1, -0.05) is 0 Å². The van der Waals surface area contributed by atoms with Crippen LogP contribution < -0.4 is 5.69 Å². The summed E-state index contributed by atoms with van der Waals surface area (Å²) in [6.07, 6.45) is 0. The monoisotopic (exact) mass is 259 g/mol. The Morgan fingerprint density at radius 3 is 2.47 bits per heavy atom. The van der Waals surface area contributed by atoms with Crippen LogP contribution in [0.5, 0.6) is 0 Å². The number of imidazole rings is 1. The van der Waals surface area contributed by atoms with E-state index in [0.717, 1.165) is 6.07 Å². The van der Waals surface area contributed by atoms with Crippen LogP contribution in [0, 0.1) is 10.1 Å². The van der Waals surface area contributed by atoms with Crippen molar-refractivity contribution in [3.05, 3.63) is 32.7 Å². The molecule has 17 heavy (non-hydrogen) atoms. The molecule has 1 aromatic carbocycles. The fraction of sp³-hybridized carbons (Fsp3) is 0. The highest BCUT2D eigenvalue weighted by Crippen LogP contribution is 2.25. The van der Waals surface area contributed by atoms with Crippen molar-refractivity contribution in [2.45, 2.75) is 4.90 Å². The summed E-state index contributed by atoms with van der Waals surface area (Å²) in [5.41, 5.74) is -1.56. The standard InChI is InChI=1S/C7H5N3O6S/c11-7-8-4-1-3(10(12)13)2-5(6(4)9-7)17(14,15)16/h1-2H,(H2,8,9,11)(H,14,15,16). The van der Waals surface area contributed by atoms with Gasteiger partial charge in [0.1, 0.15) is 4.90 Å². The lowest BCUT2D eigenvalue weighted by atomic mass is 10.3. The number of hydrogen-bond donors (Lipinski definition) is 3. The molecule has 10 heteroatoms. The Balaban J connectivity index is 2.97. The highest BCUT2D eigenvalue weighted by atomic mass is 32.2. The number of non-ortho nitro benzene ring substituents is 1. The molecule has 0 amide bonds. The predicted octanol–water partition coefficient (Wildman–Crippen LogP) is 0.0111. The van der Waals surface area contributed by atoms with Crippen molar-refractivity contribution in [1.29, 1.82) is 0 Å². The van der Waals surface area contributed by atoms with Crippen molar-refractivity contribution in [1.82, 2.24) is 9.97 Å². The second-order valence-electron chi connectivity index (χ2n) is 3.18. The predicted molar refractivity (Wildman–Crippen MR) is 55.4 cm³/mol. The van der Waals surface area contributed by atoms with Crippen molar-refractivity contribution >= 4 is 26.8 Å². The maximum Gasteiger partial charge on any atom is 0.323 e. The first-order valence-corrected chi connectivity index (χ1v) is 5.61. The second kappa shape index (κ2) is 3.40. The van der Waals surface area contributed by atoms with Gasteiger partial charge in [-0.25, -0.2) is 4.79 Å². The van der Waals surface area contributed by atoms with Gasteiger partial charge >= 0.3 is 5.69 Å². The summed E-state index contributed by atoms with van der Waals surface area (Å²) in [5.74, 6) is 0. The third kappa shape index (κ3) is 1.90. The van der Waals surface area contributed by atoms with Crippen LogP contribution >= 0.6 is 0 Å². The Kier molecular flexibility index (Phi) is 2.26. The van der Waals surface area contributed by atoms with Gasteiger partial charge < -0.3 is 9.97 Å². The number of nitro groups is 1. The summed E-state index contributed by atoms with van der Waals surface area (Å²) >= 11 is 0. The molecule has 0 aliphatic carbocycles. The molecule has 2 rings (SSSR count). The van der Waals surface area contributed by atoms with Gasteiger partial charge in [0.25, 0.3) is 15.8 Å². The van der Waals surface area contributed by atoms with E-state index in [9.17, 15) is 23.3 Å². The SMILES string of the molecule is O=c1[nH]c2cc([N+](=O)[O-])cc(S(=O)(=O)O)c2[nH]1. The number of fused-ring (bicyclic) bond motifs is 1. The molecule has 2 aromatic rings. The molecule has 90 valence electrons. The summed E-state index contributed by atoms with van der Waals surface area (Å²) in [7, 11) is -4.67. The number of nitrogens with zero attached hydrogens (tertiary/aromatic N) is 1. The molecule has 1 heterocycles. The third-order valence-electron chi connectivity index (χ3n) is 2.06. The molecule has 0 unspecified atom stereocenters. The number of benzene rings is 1. The molecule has 0 saturated carbocycles. The van der Waals surface area contributed by atoms with E-state index in [1.54, 1.807) is 0 Å². The zero-order valence-electron chi connectivity index (χ0n) is 8.00. The van der Waals surface area contributed by atoms with Crippen LogP contribution in [0.1, 0.15) is 0 Å². The molecule has 3 N–H and O–H groups in total. The minimum Gasteiger partial charge on any atom is -0.305 e. The van der Waals surface area contributed by atoms with Gasteiger partial charge in [-0.15, -0.1) is 0 Å². The Morgan fingerprint density at radius 2 is 1.94 bits per heavy atom. The van der Waals surface area contributed by atoms with Crippen LogP contribution in [-0.4, -0.2) is 27.9 Å². The van der Waals surface area contributed by atoms with Gasteiger partial charge in [0.15, 0.2) is 0 Å². The molecule has 9 nitrogen and oxygen atoms in total. The first-order chi connectivity index (χ1) is 7.79. The number of hydrogen-bond acceptors (Lipinski definition) is 5. The van der Waals surface area contributed by atoms with Gasteiger partial charge in [-0.05, 0) is 0 Å². The average molecular weight is 259 g/mol. The summed E-state index contributed by atoms with van der Waals surface area (Å²) in [4.78, 5) is 24.3. The first-order valence-electron chi connectivity index (χ1n) is 4.17. The normalized spacial score (nSPS) is 11.8. The number of H-pyrrole nitrogens is 2. The van der Waals surface area contributed by atoms with E-state index >= 15 is 0 Å². The van der Waals surface area contributed by atoms with Gasteiger partial charge in [0.2, 0.25) is 0 Å². The molecule has 0 fully saturated rings. The highest BCUT2D eigenvalue weighted by molar-refractivity contribution is 7.86. The lowest BCUT2D eigenvalue weighted by Crippen LogP contribution is -2.02. The van der Waals surface area contributed by atoms with Gasteiger partial charge in [0, 0.05) is 12.1 Å². The Hall–Kier alpha value is -2.20. The average Bonchev–Trinajstić information content (AvgIpc) is 2.54. The summed E-state index contributed by atoms with van der Waals surface area (Å²) in [5, 5.41) is 10.6. The van der Waals surface area contributed by atoms with Crippen molar-refractivity contribution in [3.63, 3.8) is 0 Å². The Bertz CT molecular complexity index is 770. The topological polar surface area (TPSA) is 146 Å². The van der Waals surface area contributed by atoms with E-state index < -0.39 is 31.3 Å². The minimum atomic E-state index is -4.67. The van der Waals surface area contributed by atoms with Crippen molar-refractivity contribution in [2.75, 3.05) is 0 Å². The number of rotatable bonds is 2. The second-order valence-corrected chi connectivity index (χ2v) is 4.57. The molecular formula is C7H5N3O6S. The number of nitrogens with one attached hydrogen (secondary N) is 2. The third-order valence-corrected chi connectivity index (χ3v) is 2.94. The van der Waals surface area contributed by atoms with E-state index in [4.69, 9.17) is 4.55 Å². The van der Waals surface area contributed by atoms with E-state index in [2.05, 4.69) is 9.97 Å². The largest absolute Gasteiger partial charge is 0.323 e. The van der Waals surface area contributed by atoms with Crippen LogP contribution in [0.4, 0.5) is 5.69 Å². The van der Waals surface area contributed by atoms with E-state index in [1.165, 1.54) is 0 Å². The summed E-state index contributed by atoms with van der Waals surface area (Å²) < 4.78 is 31.0. The van der Waals surface area contributed by atoms with Crippen molar-refractivity contribution < 1.29 is 17.9 Å². The molecule has 0 spiro atoms. The molecule has 0 atom stereocenters. The lowest BCUT2D eigenvalue weighted by molar-refractivity contribution is -0.384. The number of nitro benzene ring substituents is 1. The first kappa shape index (κ1) is 11.3. The van der Waals surface area contributed by atoms with Crippen LogP contribution in [-0.2, 0) is 10.1 Å². The molecule has 0 saturated heterocycles. The molecule has 0 aliphatic heterocycles. The maximum absolute atomic E-state index is 11.0. The molecule has 0 bridgehead atoms. The van der Waals surface area contributed by atoms with Crippen molar-refractivity contribution in [3.8, 4) is 0 Å². The van der Waals surface area contributed by atoms with E-state index in [1.807, 2.05) is 0 Å². The highest BCUT2D eigenvalue weighted by Gasteiger charge is 2.21. The summed E-state index contributed by atoms with van der Waals surface area (Å²) in [6.45, 7) is 0. The molecule has 0 aliphatic rings. The maximum atomic E-state index is 11.0. The summed E-state index contributed by atoms with van der Waals surface area (Å²) in [6, 6.07) is 1.66. The lowest BCUT2D eigenvalue weighted by Gasteiger charge is -1.99. The Morgan fingerprint density at radius 1 is 1.29 bits per heavy atom.